The number of nitrogens with zero attached hydrogens (tertiary/aromatic N) is 3. The van der Waals surface area contributed by atoms with Crippen LogP contribution < -0.4 is 5.32 Å². The Hall–Kier alpha value is -1.63. The summed E-state index contributed by atoms with van der Waals surface area (Å²) in [6.07, 6.45) is 2.87. The standard InChI is InChI=1S/C11H20N4O3/c1-3-6-9-10(15(17)18)11(14(2)13-9)12-7-4-5-8-16/h12,16H,3-8H2,1-2H3. The van der Waals surface area contributed by atoms with E-state index in [0.29, 0.717) is 30.9 Å². The molecule has 1 heterocycles. The summed E-state index contributed by atoms with van der Waals surface area (Å²) in [5, 5.41) is 27.0. The molecule has 1 aromatic rings. The summed E-state index contributed by atoms with van der Waals surface area (Å²) in [7, 11) is 1.69. The third-order valence-electron chi connectivity index (χ3n) is 2.64. The zero-order chi connectivity index (χ0) is 13.5. The predicted molar refractivity (Wildman–Crippen MR) is 68.7 cm³/mol. The average molecular weight is 256 g/mol. The van der Waals surface area contributed by atoms with Gasteiger partial charge < -0.3 is 10.4 Å². The average Bonchev–Trinajstić information content (AvgIpc) is 2.62. The summed E-state index contributed by atoms with van der Waals surface area (Å²) >= 11 is 0. The van der Waals surface area contributed by atoms with Crippen LogP contribution in [-0.4, -0.2) is 33.0 Å². The van der Waals surface area contributed by atoms with Gasteiger partial charge in [0.2, 0.25) is 5.82 Å². The van der Waals surface area contributed by atoms with Crippen molar-refractivity contribution in [2.45, 2.75) is 32.6 Å². The van der Waals surface area contributed by atoms with E-state index in [1.54, 1.807) is 7.05 Å². The molecule has 0 aliphatic carbocycles. The Balaban J connectivity index is 2.84. The number of aryl methyl sites for hydroxylation is 2. The van der Waals surface area contributed by atoms with Crippen molar-refractivity contribution < 1.29 is 10.0 Å². The maximum Gasteiger partial charge on any atom is 0.333 e. The SMILES string of the molecule is CCCc1nn(C)c(NCCCCO)c1[N+](=O)[O-]. The van der Waals surface area contributed by atoms with Gasteiger partial charge in [-0.05, 0) is 19.3 Å². The smallest absolute Gasteiger partial charge is 0.333 e. The number of aliphatic hydroxyl groups is 1. The van der Waals surface area contributed by atoms with Crippen molar-refractivity contribution in [1.29, 1.82) is 0 Å². The van der Waals surface area contributed by atoms with E-state index in [0.717, 1.165) is 12.8 Å². The molecule has 1 rings (SSSR count). The first-order valence-electron chi connectivity index (χ1n) is 6.16. The molecule has 0 aliphatic rings. The normalized spacial score (nSPS) is 10.6. The second-order valence-corrected chi connectivity index (χ2v) is 4.13. The fourth-order valence-corrected chi connectivity index (χ4v) is 1.81. The Bertz CT molecular complexity index is 403. The van der Waals surface area contributed by atoms with Crippen LogP contribution in [0.5, 0.6) is 0 Å². The van der Waals surface area contributed by atoms with E-state index in [2.05, 4.69) is 10.4 Å². The van der Waals surface area contributed by atoms with E-state index < -0.39 is 0 Å². The first-order chi connectivity index (χ1) is 8.61. The molecule has 102 valence electrons. The highest BCUT2D eigenvalue weighted by Gasteiger charge is 2.25. The van der Waals surface area contributed by atoms with Crippen LogP contribution in [0.1, 0.15) is 31.9 Å². The maximum atomic E-state index is 11.1. The van der Waals surface area contributed by atoms with Gasteiger partial charge in [-0.1, -0.05) is 13.3 Å². The van der Waals surface area contributed by atoms with E-state index in [9.17, 15) is 10.1 Å². The molecule has 0 atom stereocenters. The Morgan fingerprint density at radius 1 is 1.50 bits per heavy atom. The first kappa shape index (κ1) is 14.4. The molecule has 0 amide bonds. The lowest BCUT2D eigenvalue weighted by molar-refractivity contribution is -0.384. The first-order valence-corrected chi connectivity index (χ1v) is 6.16. The fourth-order valence-electron chi connectivity index (χ4n) is 1.81. The van der Waals surface area contributed by atoms with E-state index >= 15 is 0 Å². The molecule has 0 saturated carbocycles. The molecule has 0 spiro atoms. The molecule has 7 nitrogen and oxygen atoms in total. The number of aliphatic hydroxyl groups excluding tert-OH is 1. The topological polar surface area (TPSA) is 93.2 Å². The third-order valence-corrected chi connectivity index (χ3v) is 2.64. The lowest BCUT2D eigenvalue weighted by Gasteiger charge is -2.04. The molecule has 2 N–H and O–H groups in total. The number of nitro groups is 1. The van der Waals surface area contributed by atoms with Crippen molar-refractivity contribution in [2.24, 2.45) is 7.05 Å². The van der Waals surface area contributed by atoms with E-state index in [-0.39, 0.29) is 17.2 Å². The van der Waals surface area contributed by atoms with Gasteiger partial charge in [0.1, 0.15) is 5.69 Å². The van der Waals surface area contributed by atoms with Crippen molar-refractivity contribution in [3.63, 3.8) is 0 Å². The molecule has 0 aliphatic heterocycles. The molecule has 0 unspecified atom stereocenters. The minimum absolute atomic E-state index is 0.0725. The molecule has 1 aromatic heterocycles. The molecule has 0 aromatic carbocycles. The monoisotopic (exact) mass is 256 g/mol. The molecule has 0 fully saturated rings. The second kappa shape index (κ2) is 6.95. The summed E-state index contributed by atoms with van der Waals surface area (Å²) in [5.41, 5.74) is 0.595. The van der Waals surface area contributed by atoms with Gasteiger partial charge in [0.05, 0.1) is 4.92 Å². The van der Waals surface area contributed by atoms with Gasteiger partial charge in [-0.15, -0.1) is 0 Å². The van der Waals surface area contributed by atoms with Gasteiger partial charge in [0, 0.05) is 20.2 Å². The number of hydrogen-bond acceptors (Lipinski definition) is 5. The minimum Gasteiger partial charge on any atom is -0.396 e. The molecule has 0 saturated heterocycles. The highest BCUT2D eigenvalue weighted by atomic mass is 16.6. The second-order valence-electron chi connectivity index (χ2n) is 4.13. The van der Waals surface area contributed by atoms with Crippen LogP contribution in [0.15, 0.2) is 0 Å². The fraction of sp³-hybridized carbons (Fsp3) is 0.727. The number of anilines is 1. The van der Waals surface area contributed by atoms with Gasteiger partial charge in [0.25, 0.3) is 0 Å². The molecule has 0 bridgehead atoms. The number of aromatic nitrogens is 2. The number of unbranched alkanes of at least 4 members (excludes halogenated alkanes) is 1. The highest BCUT2D eigenvalue weighted by Crippen LogP contribution is 2.28. The van der Waals surface area contributed by atoms with Crippen LogP contribution in [0.3, 0.4) is 0 Å². The van der Waals surface area contributed by atoms with E-state index in [1.165, 1.54) is 4.68 Å². The van der Waals surface area contributed by atoms with E-state index in [1.807, 2.05) is 6.92 Å². The van der Waals surface area contributed by atoms with Gasteiger partial charge in [0.15, 0.2) is 0 Å². The summed E-state index contributed by atoms with van der Waals surface area (Å²) in [5.74, 6) is 0.446. The molecular weight excluding hydrogens is 236 g/mol. The summed E-state index contributed by atoms with van der Waals surface area (Å²) in [6.45, 7) is 2.69. The summed E-state index contributed by atoms with van der Waals surface area (Å²) in [4.78, 5) is 10.7. The maximum absolute atomic E-state index is 11.1. The highest BCUT2D eigenvalue weighted by molar-refractivity contribution is 5.59. The minimum atomic E-state index is -0.383. The van der Waals surface area contributed by atoms with Crippen molar-refractivity contribution in [1.82, 2.24) is 9.78 Å². The predicted octanol–water partition coefficient (Wildman–Crippen LogP) is 1.47. The van der Waals surface area contributed by atoms with Gasteiger partial charge in [-0.3, -0.25) is 10.1 Å². The number of nitrogens with one attached hydrogen (secondary N) is 1. The number of rotatable bonds is 8. The van der Waals surface area contributed by atoms with Gasteiger partial charge in [-0.2, -0.15) is 5.10 Å². The Morgan fingerprint density at radius 3 is 2.78 bits per heavy atom. The molecule has 18 heavy (non-hydrogen) atoms. The Labute approximate surface area is 106 Å². The third kappa shape index (κ3) is 3.43. The zero-order valence-electron chi connectivity index (χ0n) is 10.8. The Morgan fingerprint density at radius 2 is 2.22 bits per heavy atom. The lowest BCUT2D eigenvalue weighted by atomic mass is 10.2. The lowest BCUT2D eigenvalue weighted by Crippen LogP contribution is -2.08. The van der Waals surface area contributed by atoms with Gasteiger partial charge >= 0.3 is 5.69 Å². The van der Waals surface area contributed by atoms with Crippen molar-refractivity contribution >= 4 is 11.5 Å². The Kier molecular flexibility index (Phi) is 5.57. The summed E-state index contributed by atoms with van der Waals surface area (Å²) in [6, 6.07) is 0. The van der Waals surface area contributed by atoms with Crippen molar-refractivity contribution in [3.05, 3.63) is 15.8 Å². The number of hydrogen-bond donors (Lipinski definition) is 2. The molecule has 0 radical (unpaired) electrons. The van der Waals surface area contributed by atoms with Crippen LogP contribution in [0.25, 0.3) is 0 Å². The van der Waals surface area contributed by atoms with Crippen LogP contribution in [-0.2, 0) is 13.5 Å². The van der Waals surface area contributed by atoms with E-state index in [4.69, 9.17) is 5.11 Å². The summed E-state index contributed by atoms with van der Waals surface area (Å²) < 4.78 is 1.52. The molecular formula is C11H20N4O3. The van der Waals surface area contributed by atoms with Gasteiger partial charge in [-0.25, -0.2) is 4.68 Å². The largest absolute Gasteiger partial charge is 0.396 e. The van der Waals surface area contributed by atoms with Crippen LogP contribution in [0, 0.1) is 10.1 Å². The zero-order valence-corrected chi connectivity index (χ0v) is 10.8. The van der Waals surface area contributed by atoms with Crippen molar-refractivity contribution in [2.75, 3.05) is 18.5 Å². The quantitative estimate of drug-likeness (QED) is 0.417. The molecule has 7 heteroatoms. The van der Waals surface area contributed by atoms with Crippen molar-refractivity contribution in [3.8, 4) is 0 Å². The van der Waals surface area contributed by atoms with Crippen LogP contribution >= 0.6 is 0 Å². The van der Waals surface area contributed by atoms with Crippen LogP contribution in [0.4, 0.5) is 11.5 Å². The van der Waals surface area contributed by atoms with Crippen LogP contribution in [0.2, 0.25) is 0 Å².